The van der Waals surface area contributed by atoms with E-state index >= 15 is 0 Å². The Hall–Kier alpha value is -3.48. The maximum Gasteiger partial charge on any atom is 0.251 e. The van der Waals surface area contributed by atoms with Crippen molar-refractivity contribution in [2.75, 3.05) is 6.54 Å². The molecule has 2 aromatic carbocycles. The first-order valence-electron chi connectivity index (χ1n) is 10.1. The Kier molecular flexibility index (Phi) is 5.61. The number of hydrogen-bond donors (Lipinski definition) is 1. The van der Waals surface area contributed by atoms with Crippen molar-refractivity contribution in [2.45, 2.75) is 38.8 Å². The molecule has 1 saturated heterocycles. The maximum absolute atomic E-state index is 13.0. The summed E-state index contributed by atoms with van der Waals surface area (Å²) in [5.74, 6) is 0.526. The number of likely N-dealkylation sites (tertiary alicyclic amines) is 1. The van der Waals surface area contributed by atoms with Crippen molar-refractivity contribution < 1.29 is 14.1 Å². The second-order valence-corrected chi connectivity index (χ2v) is 7.52. The van der Waals surface area contributed by atoms with Crippen LogP contribution in [-0.2, 0) is 4.79 Å². The van der Waals surface area contributed by atoms with Crippen molar-refractivity contribution in [3.05, 3.63) is 71.6 Å². The number of rotatable bonds is 5. The molecule has 0 radical (unpaired) electrons. The standard InChI is InChI=1S/C23H24N4O3/c1-15-9-6-7-12-18(15)20-25-22(30-26-20)19-13-8-14-27(19)23(29)16(2)24-21(28)17-10-4-3-5-11-17/h3-7,9-12,16,19H,8,13-14H2,1-2H3,(H,24,28). The molecule has 2 atom stereocenters. The van der Waals surface area contributed by atoms with E-state index in [1.807, 2.05) is 37.3 Å². The smallest absolute Gasteiger partial charge is 0.251 e. The molecular formula is C23H24N4O3. The van der Waals surface area contributed by atoms with Crippen molar-refractivity contribution in [3.8, 4) is 11.4 Å². The van der Waals surface area contributed by atoms with E-state index in [1.165, 1.54) is 0 Å². The minimum absolute atomic E-state index is 0.155. The molecular weight excluding hydrogens is 380 g/mol. The highest BCUT2D eigenvalue weighted by Crippen LogP contribution is 2.33. The Morgan fingerprint density at radius 1 is 1.13 bits per heavy atom. The summed E-state index contributed by atoms with van der Waals surface area (Å²) in [5, 5.41) is 6.91. The molecule has 1 N–H and O–H groups in total. The van der Waals surface area contributed by atoms with Gasteiger partial charge in [0.25, 0.3) is 5.91 Å². The van der Waals surface area contributed by atoms with E-state index in [4.69, 9.17) is 4.52 Å². The van der Waals surface area contributed by atoms with Gasteiger partial charge in [-0.2, -0.15) is 4.98 Å². The van der Waals surface area contributed by atoms with Crippen LogP contribution in [0.25, 0.3) is 11.4 Å². The van der Waals surface area contributed by atoms with Crippen LogP contribution < -0.4 is 5.32 Å². The highest BCUT2D eigenvalue weighted by atomic mass is 16.5. The monoisotopic (exact) mass is 404 g/mol. The normalized spacial score (nSPS) is 17.0. The zero-order valence-electron chi connectivity index (χ0n) is 17.0. The molecule has 3 aromatic rings. The van der Waals surface area contributed by atoms with Crippen LogP contribution in [0.2, 0.25) is 0 Å². The number of aromatic nitrogens is 2. The zero-order chi connectivity index (χ0) is 21.1. The average molecular weight is 404 g/mol. The van der Waals surface area contributed by atoms with Gasteiger partial charge in [-0.1, -0.05) is 47.6 Å². The van der Waals surface area contributed by atoms with E-state index in [0.717, 1.165) is 24.0 Å². The molecule has 7 heteroatoms. The van der Waals surface area contributed by atoms with Gasteiger partial charge < -0.3 is 14.7 Å². The molecule has 2 amide bonds. The highest BCUT2D eigenvalue weighted by Gasteiger charge is 2.36. The van der Waals surface area contributed by atoms with E-state index in [9.17, 15) is 9.59 Å². The first-order chi connectivity index (χ1) is 14.5. The Balaban J connectivity index is 1.48. The van der Waals surface area contributed by atoms with Crippen molar-refractivity contribution in [3.63, 3.8) is 0 Å². The largest absolute Gasteiger partial charge is 0.341 e. The molecule has 30 heavy (non-hydrogen) atoms. The van der Waals surface area contributed by atoms with E-state index in [1.54, 1.807) is 36.1 Å². The van der Waals surface area contributed by atoms with Crippen LogP contribution >= 0.6 is 0 Å². The van der Waals surface area contributed by atoms with Gasteiger partial charge in [-0.3, -0.25) is 9.59 Å². The van der Waals surface area contributed by atoms with E-state index in [-0.39, 0.29) is 17.9 Å². The third-order valence-corrected chi connectivity index (χ3v) is 5.40. The Bertz CT molecular complexity index is 1050. The fraction of sp³-hybridized carbons (Fsp3) is 0.304. The molecule has 0 saturated carbocycles. The molecule has 2 heterocycles. The van der Waals surface area contributed by atoms with Gasteiger partial charge in [0.1, 0.15) is 12.1 Å². The van der Waals surface area contributed by atoms with Crippen molar-refractivity contribution >= 4 is 11.8 Å². The second kappa shape index (κ2) is 8.49. The van der Waals surface area contributed by atoms with Gasteiger partial charge in [-0.05, 0) is 44.4 Å². The van der Waals surface area contributed by atoms with Gasteiger partial charge in [0.15, 0.2) is 0 Å². The molecule has 0 spiro atoms. The van der Waals surface area contributed by atoms with Gasteiger partial charge in [-0.15, -0.1) is 0 Å². The van der Waals surface area contributed by atoms with Crippen molar-refractivity contribution in [1.29, 1.82) is 0 Å². The van der Waals surface area contributed by atoms with E-state index in [2.05, 4.69) is 15.5 Å². The Morgan fingerprint density at radius 2 is 1.87 bits per heavy atom. The fourth-order valence-electron chi connectivity index (χ4n) is 3.77. The lowest BCUT2D eigenvalue weighted by Gasteiger charge is -2.25. The summed E-state index contributed by atoms with van der Waals surface area (Å²) in [6.45, 7) is 4.29. The van der Waals surface area contributed by atoms with Crippen LogP contribution in [0.15, 0.2) is 59.1 Å². The number of benzene rings is 2. The SMILES string of the molecule is Cc1ccccc1-c1noc(C2CCCN2C(=O)C(C)NC(=O)c2ccccc2)n1. The minimum Gasteiger partial charge on any atom is -0.341 e. The first-order valence-corrected chi connectivity index (χ1v) is 10.1. The second-order valence-electron chi connectivity index (χ2n) is 7.52. The Morgan fingerprint density at radius 3 is 2.63 bits per heavy atom. The van der Waals surface area contributed by atoms with Gasteiger partial charge in [0.2, 0.25) is 17.6 Å². The average Bonchev–Trinajstić information content (AvgIpc) is 3.43. The lowest BCUT2D eigenvalue weighted by molar-refractivity contribution is -0.134. The van der Waals surface area contributed by atoms with Crippen LogP contribution in [0.1, 0.15) is 47.6 Å². The summed E-state index contributed by atoms with van der Waals surface area (Å²) in [5.41, 5.74) is 2.49. The van der Waals surface area contributed by atoms with Gasteiger partial charge in [0, 0.05) is 17.7 Å². The van der Waals surface area contributed by atoms with Gasteiger partial charge >= 0.3 is 0 Å². The molecule has 154 valence electrons. The minimum atomic E-state index is -0.655. The van der Waals surface area contributed by atoms with Crippen molar-refractivity contribution in [1.82, 2.24) is 20.4 Å². The third-order valence-electron chi connectivity index (χ3n) is 5.40. The molecule has 4 rings (SSSR count). The van der Waals surface area contributed by atoms with Crippen LogP contribution in [0.5, 0.6) is 0 Å². The predicted molar refractivity (Wildman–Crippen MR) is 112 cm³/mol. The fourth-order valence-corrected chi connectivity index (χ4v) is 3.77. The summed E-state index contributed by atoms with van der Waals surface area (Å²) in [4.78, 5) is 31.7. The molecule has 0 bridgehead atoms. The number of nitrogens with zero attached hydrogens (tertiary/aromatic N) is 3. The predicted octanol–water partition coefficient (Wildman–Crippen LogP) is 3.53. The lowest BCUT2D eigenvalue weighted by atomic mass is 10.1. The third kappa shape index (κ3) is 3.96. The first kappa shape index (κ1) is 19.8. The van der Waals surface area contributed by atoms with Gasteiger partial charge in [-0.25, -0.2) is 0 Å². The number of carbonyl (C=O) groups is 2. The highest BCUT2D eigenvalue weighted by molar-refractivity contribution is 5.97. The number of carbonyl (C=O) groups excluding carboxylic acids is 2. The molecule has 1 fully saturated rings. The summed E-state index contributed by atoms with van der Waals surface area (Å²) >= 11 is 0. The van der Waals surface area contributed by atoms with Gasteiger partial charge in [0.05, 0.1) is 0 Å². The molecule has 1 aromatic heterocycles. The maximum atomic E-state index is 13.0. The zero-order valence-corrected chi connectivity index (χ0v) is 17.0. The molecule has 1 aliphatic rings. The summed E-state index contributed by atoms with van der Waals surface area (Å²) in [6.07, 6.45) is 1.60. The number of aryl methyl sites for hydroxylation is 1. The number of hydrogen-bond acceptors (Lipinski definition) is 5. The van der Waals surface area contributed by atoms with Crippen LogP contribution in [0, 0.1) is 6.92 Å². The summed E-state index contributed by atoms with van der Waals surface area (Å²) < 4.78 is 5.53. The van der Waals surface area contributed by atoms with Crippen molar-refractivity contribution in [2.24, 2.45) is 0 Å². The molecule has 2 unspecified atom stereocenters. The lowest BCUT2D eigenvalue weighted by Crippen LogP contribution is -2.46. The summed E-state index contributed by atoms with van der Waals surface area (Å²) in [7, 11) is 0. The summed E-state index contributed by atoms with van der Waals surface area (Å²) in [6, 6.07) is 15.8. The number of nitrogens with one attached hydrogen (secondary N) is 1. The quantitative estimate of drug-likeness (QED) is 0.703. The van der Waals surface area contributed by atoms with E-state index in [0.29, 0.717) is 23.8 Å². The molecule has 7 nitrogen and oxygen atoms in total. The molecule has 0 aliphatic carbocycles. The van der Waals surface area contributed by atoms with E-state index < -0.39 is 6.04 Å². The van der Waals surface area contributed by atoms with Crippen LogP contribution in [0.4, 0.5) is 0 Å². The Labute approximate surface area is 175 Å². The van der Waals surface area contributed by atoms with Crippen LogP contribution in [0.3, 0.4) is 0 Å². The number of amides is 2. The van der Waals surface area contributed by atoms with Crippen LogP contribution in [-0.4, -0.2) is 39.4 Å². The topological polar surface area (TPSA) is 88.3 Å². The molecule has 1 aliphatic heterocycles.